The Kier molecular flexibility index (Phi) is 5.63. The van der Waals surface area contributed by atoms with E-state index in [1.807, 2.05) is 18.4 Å². The summed E-state index contributed by atoms with van der Waals surface area (Å²) in [4.78, 5) is 8.64. The fraction of sp³-hybridized carbons (Fsp3) is 0.812. The number of aromatic nitrogens is 1. The van der Waals surface area contributed by atoms with Crippen LogP contribution in [0.4, 0.5) is 5.13 Å². The summed E-state index contributed by atoms with van der Waals surface area (Å²) in [6, 6.07) is 0. The normalized spacial score (nSPS) is 20.0. The summed E-state index contributed by atoms with van der Waals surface area (Å²) >= 11 is 1.84. The number of hydrogen-bond acceptors (Lipinski definition) is 5. The van der Waals surface area contributed by atoms with Gasteiger partial charge < -0.3 is 15.0 Å². The van der Waals surface area contributed by atoms with Gasteiger partial charge in [0.05, 0.1) is 11.8 Å². The lowest BCUT2D eigenvalue weighted by molar-refractivity contribution is 0.0893. The van der Waals surface area contributed by atoms with E-state index < -0.39 is 0 Å². The molecule has 0 aliphatic carbocycles. The van der Waals surface area contributed by atoms with Crippen molar-refractivity contribution in [2.75, 3.05) is 25.1 Å². The van der Waals surface area contributed by atoms with E-state index in [9.17, 15) is 0 Å². The van der Waals surface area contributed by atoms with Crippen molar-refractivity contribution in [1.29, 1.82) is 0 Å². The molecular weight excluding hydrogens is 282 g/mol. The Morgan fingerprint density at radius 2 is 2.19 bits per heavy atom. The van der Waals surface area contributed by atoms with Gasteiger partial charge in [-0.1, -0.05) is 6.92 Å². The number of hydrogen-bond donors (Lipinski definition) is 1. The molecule has 0 aromatic carbocycles. The van der Waals surface area contributed by atoms with Crippen LogP contribution < -0.4 is 10.2 Å². The fourth-order valence-corrected chi connectivity index (χ4v) is 3.69. The Labute approximate surface area is 132 Å². The lowest BCUT2D eigenvalue weighted by atomic mass is 10.1. The number of nitrogens with one attached hydrogen (secondary N) is 1. The molecule has 21 heavy (non-hydrogen) atoms. The smallest absolute Gasteiger partial charge is 0.185 e. The predicted octanol–water partition coefficient (Wildman–Crippen LogP) is 3.21. The number of anilines is 1. The largest absolute Gasteiger partial charge is 0.380 e. The highest BCUT2D eigenvalue weighted by molar-refractivity contribution is 7.15. The van der Waals surface area contributed by atoms with Crippen molar-refractivity contribution in [2.24, 2.45) is 0 Å². The third kappa shape index (κ3) is 4.66. The zero-order valence-corrected chi connectivity index (χ0v) is 14.8. The van der Waals surface area contributed by atoms with E-state index in [1.54, 1.807) is 0 Å². The van der Waals surface area contributed by atoms with Crippen molar-refractivity contribution < 1.29 is 4.74 Å². The van der Waals surface area contributed by atoms with E-state index >= 15 is 0 Å². The second-order valence-electron chi connectivity index (χ2n) is 6.77. The van der Waals surface area contributed by atoms with E-state index in [1.165, 1.54) is 22.1 Å². The summed E-state index contributed by atoms with van der Waals surface area (Å²) in [5.74, 6) is 0. The first-order valence-electron chi connectivity index (χ1n) is 7.94. The van der Waals surface area contributed by atoms with E-state index in [4.69, 9.17) is 9.72 Å². The average molecular weight is 311 g/mol. The first-order valence-corrected chi connectivity index (χ1v) is 8.76. The van der Waals surface area contributed by atoms with Gasteiger partial charge in [-0.3, -0.25) is 0 Å². The molecule has 0 bridgehead atoms. The van der Waals surface area contributed by atoms with Gasteiger partial charge in [0.1, 0.15) is 0 Å². The summed E-state index contributed by atoms with van der Waals surface area (Å²) in [6.07, 6.45) is 3.70. The number of nitrogens with zero attached hydrogens (tertiary/aromatic N) is 2. The van der Waals surface area contributed by atoms with Gasteiger partial charge in [0.2, 0.25) is 0 Å². The van der Waals surface area contributed by atoms with Gasteiger partial charge in [-0.2, -0.15) is 0 Å². The quantitative estimate of drug-likeness (QED) is 0.906. The molecule has 1 aliphatic rings. The maximum absolute atomic E-state index is 5.52. The molecule has 0 radical (unpaired) electrons. The zero-order chi connectivity index (χ0) is 15.5. The van der Waals surface area contributed by atoms with Gasteiger partial charge >= 0.3 is 0 Å². The number of ether oxygens (including phenoxy) is 1. The van der Waals surface area contributed by atoms with Crippen LogP contribution in [0.3, 0.4) is 0 Å². The number of thiazole rings is 1. The molecule has 1 saturated heterocycles. The molecule has 5 heteroatoms. The molecule has 0 amide bonds. The molecule has 0 saturated carbocycles. The molecular formula is C16H29N3OS. The minimum absolute atomic E-state index is 0.140. The van der Waals surface area contributed by atoms with Gasteiger partial charge in [0.15, 0.2) is 5.13 Å². The molecule has 120 valence electrons. The zero-order valence-electron chi connectivity index (χ0n) is 14.0. The molecule has 1 N–H and O–H groups in total. The standard InChI is InChI=1S/C16H29N3OS/c1-6-13-14(10-17-16(2,3)4)21-15(18-13)19-9-7-8-12(11-19)20-5/h12,17H,6-11H2,1-5H3. The molecule has 1 fully saturated rings. The van der Waals surface area contributed by atoms with Crippen LogP contribution in [0.15, 0.2) is 0 Å². The van der Waals surface area contributed by atoms with Crippen LogP contribution in [0.5, 0.6) is 0 Å². The van der Waals surface area contributed by atoms with Crippen LogP contribution in [0, 0.1) is 0 Å². The van der Waals surface area contributed by atoms with Crippen LogP contribution in [0.2, 0.25) is 0 Å². The van der Waals surface area contributed by atoms with Crippen LogP contribution in [-0.4, -0.2) is 36.8 Å². The topological polar surface area (TPSA) is 37.4 Å². The van der Waals surface area contributed by atoms with E-state index in [0.717, 1.165) is 32.5 Å². The second kappa shape index (κ2) is 7.07. The van der Waals surface area contributed by atoms with Crippen molar-refractivity contribution >= 4 is 16.5 Å². The highest BCUT2D eigenvalue weighted by Gasteiger charge is 2.23. The molecule has 1 aromatic heterocycles. The molecule has 1 atom stereocenters. The van der Waals surface area contributed by atoms with Crippen LogP contribution in [0.25, 0.3) is 0 Å². The molecule has 2 heterocycles. The highest BCUT2D eigenvalue weighted by atomic mass is 32.1. The molecule has 2 rings (SSSR count). The lowest BCUT2D eigenvalue weighted by Crippen LogP contribution is -2.39. The third-order valence-corrected chi connectivity index (χ3v) is 5.02. The summed E-state index contributed by atoms with van der Waals surface area (Å²) < 4.78 is 5.52. The molecule has 0 spiro atoms. The first-order chi connectivity index (χ1) is 9.93. The Bertz CT molecular complexity index is 453. The highest BCUT2D eigenvalue weighted by Crippen LogP contribution is 2.29. The van der Waals surface area contributed by atoms with Crippen molar-refractivity contribution in [3.63, 3.8) is 0 Å². The van der Waals surface area contributed by atoms with Crippen molar-refractivity contribution in [3.8, 4) is 0 Å². The monoisotopic (exact) mass is 311 g/mol. The Balaban J connectivity index is 2.08. The van der Waals surface area contributed by atoms with Gasteiger partial charge in [-0.05, 0) is 40.0 Å². The predicted molar refractivity (Wildman–Crippen MR) is 90.3 cm³/mol. The van der Waals surface area contributed by atoms with Gasteiger partial charge in [-0.15, -0.1) is 11.3 Å². The molecule has 1 aromatic rings. The SMILES string of the molecule is CCc1nc(N2CCCC(OC)C2)sc1CNC(C)(C)C. The Morgan fingerprint density at radius 1 is 1.43 bits per heavy atom. The van der Waals surface area contributed by atoms with E-state index in [0.29, 0.717) is 6.10 Å². The summed E-state index contributed by atoms with van der Waals surface area (Å²) in [7, 11) is 1.81. The number of aryl methyl sites for hydroxylation is 1. The fourth-order valence-electron chi connectivity index (χ4n) is 2.57. The van der Waals surface area contributed by atoms with Gasteiger partial charge in [-0.25, -0.2) is 4.98 Å². The maximum Gasteiger partial charge on any atom is 0.185 e. The van der Waals surface area contributed by atoms with Crippen molar-refractivity contribution in [2.45, 2.75) is 65.1 Å². The molecule has 1 aliphatic heterocycles. The number of piperidine rings is 1. The van der Waals surface area contributed by atoms with Crippen LogP contribution >= 0.6 is 11.3 Å². The van der Waals surface area contributed by atoms with Gasteiger partial charge in [0, 0.05) is 37.2 Å². The summed E-state index contributed by atoms with van der Waals surface area (Å²) in [5.41, 5.74) is 1.38. The minimum Gasteiger partial charge on any atom is -0.380 e. The minimum atomic E-state index is 0.140. The molecule has 1 unspecified atom stereocenters. The second-order valence-corrected chi connectivity index (χ2v) is 7.83. The first kappa shape index (κ1) is 16.7. The Hall–Kier alpha value is -0.650. The number of methoxy groups -OCH3 is 1. The maximum atomic E-state index is 5.52. The Morgan fingerprint density at radius 3 is 2.81 bits per heavy atom. The van der Waals surface area contributed by atoms with E-state index in [2.05, 4.69) is 37.9 Å². The van der Waals surface area contributed by atoms with Crippen LogP contribution in [-0.2, 0) is 17.7 Å². The summed E-state index contributed by atoms with van der Waals surface area (Å²) in [5, 5.41) is 4.74. The third-order valence-electron chi connectivity index (χ3n) is 3.86. The van der Waals surface area contributed by atoms with E-state index in [-0.39, 0.29) is 5.54 Å². The van der Waals surface area contributed by atoms with Gasteiger partial charge in [0.25, 0.3) is 0 Å². The van der Waals surface area contributed by atoms with Crippen molar-refractivity contribution in [3.05, 3.63) is 10.6 Å². The lowest BCUT2D eigenvalue weighted by Gasteiger charge is -2.31. The molecule has 4 nitrogen and oxygen atoms in total. The van der Waals surface area contributed by atoms with Crippen molar-refractivity contribution in [1.82, 2.24) is 10.3 Å². The van der Waals surface area contributed by atoms with Crippen LogP contribution in [0.1, 0.15) is 51.1 Å². The number of rotatable bonds is 5. The average Bonchev–Trinajstić information content (AvgIpc) is 2.88. The summed E-state index contributed by atoms with van der Waals surface area (Å²) in [6.45, 7) is 11.8.